The van der Waals surface area contributed by atoms with Gasteiger partial charge in [0.15, 0.2) is 5.65 Å². The molecule has 2 heterocycles. The van der Waals surface area contributed by atoms with Crippen molar-refractivity contribution in [2.45, 2.75) is 13.5 Å². The lowest BCUT2D eigenvalue weighted by atomic mass is 10.5. The Morgan fingerprint density at radius 2 is 2.55 bits per heavy atom. The lowest BCUT2D eigenvalue weighted by Gasteiger charge is -1.83. The summed E-state index contributed by atoms with van der Waals surface area (Å²) in [6.07, 6.45) is 1.91. The molecule has 0 fully saturated rings. The van der Waals surface area contributed by atoms with E-state index >= 15 is 0 Å². The highest BCUT2D eigenvalue weighted by molar-refractivity contribution is 5.40. The molecular formula is C7H10N4. The van der Waals surface area contributed by atoms with Crippen LogP contribution in [0.2, 0.25) is 0 Å². The van der Waals surface area contributed by atoms with Gasteiger partial charge < -0.3 is 5.73 Å². The number of nitrogens with zero attached hydrogens (tertiary/aromatic N) is 2. The molecule has 11 heavy (non-hydrogen) atoms. The van der Waals surface area contributed by atoms with Gasteiger partial charge in [0.25, 0.3) is 0 Å². The predicted octanol–water partition coefficient (Wildman–Crippen LogP) is 0.430. The quantitative estimate of drug-likeness (QED) is 0.619. The fraction of sp³-hybridized carbons (Fsp3) is 0.286. The molecule has 2 aromatic rings. The Kier molecular flexibility index (Phi) is 1.22. The number of aryl methyl sites for hydroxylation is 1. The van der Waals surface area contributed by atoms with Crippen molar-refractivity contribution < 1.29 is 0 Å². The van der Waals surface area contributed by atoms with Crippen LogP contribution < -0.4 is 5.73 Å². The van der Waals surface area contributed by atoms with Gasteiger partial charge in [-0.15, -0.1) is 0 Å². The van der Waals surface area contributed by atoms with Gasteiger partial charge in [0.1, 0.15) is 0 Å². The van der Waals surface area contributed by atoms with Crippen LogP contribution in [0, 0.1) is 6.92 Å². The summed E-state index contributed by atoms with van der Waals surface area (Å²) in [5.41, 5.74) is 8.38. The van der Waals surface area contributed by atoms with Crippen molar-refractivity contribution in [1.82, 2.24) is 14.6 Å². The molecular weight excluding hydrogens is 140 g/mol. The molecule has 0 aliphatic heterocycles. The van der Waals surface area contributed by atoms with Crippen molar-refractivity contribution in [2.24, 2.45) is 5.73 Å². The number of imidazole rings is 1. The van der Waals surface area contributed by atoms with E-state index in [1.54, 1.807) is 0 Å². The summed E-state index contributed by atoms with van der Waals surface area (Å²) in [4.78, 5) is 4.26. The third-order valence-corrected chi connectivity index (χ3v) is 1.63. The lowest BCUT2D eigenvalue weighted by Crippen LogP contribution is -1.95. The first-order valence-electron chi connectivity index (χ1n) is 3.53. The van der Waals surface area contributed by atoms with Crippen LogP contribution in [0.1, 0.15) is 11.4 Å². The molecule has 0 aliphatic rings. The second-order valence-electron chi connectivity index (χ2n) is 2.60. The number of rotatable bonds is 1. The topological polar surface area (TPSA) is 59.1 Å². The van der Waals surface area contributed by atoms with E-state index in [-0.39, 0.29) is 0 Å². The Bertz CT molecular complexity index is 339. The highest BCUT2D eigenvalue weighted by Crippen LogP contribution is 2.05. The van der Waals surface area contributed by atoms with Gasteiger partial charge in [-0.05, 0) is 6.92 Å². The normalized spacial score (nSPS) is 11.1. The first-order chi connectivity index (χ1) is 5.29. The second kappa shape index (κ2) is 2.10. The van der Waals surface area contributed by atoms with Crippen molar-refractivity contribution in [3.8, 4) is 0 Å². The Hall–Kier alpha value is -1.29. The Labute approximate surface area is 64.0 Å². The monoisotopic (exact) mass is 150 g/mol. The molecule has 2 rings (SSSR count). The maximum atomic E-state index is 5.42. The number of nitrogens with two attached hydrogens (primary N) is 1. The van der Waals surface area contributed by atoms with Crippen LogP contribution in [-0.4, -0.2) is 14.6 Å². The van der Waals surface area contributed by atoms with E-state index in [2.05, 4.69) is 10.1 Å². The summed E-state index contributed by atoms with van der Waals surface area (Å²) in [6, 6.07) is 1.99. The van der Waals surface area contributed by atoms with E-state index in [9.17, 15) is 0 Å². The van der Waals surface area contributed by atoms with E-state index in [0.717, 1.165) is 17.0 Å². The molecule has 0 unspecified atom stereocenters. The molecule has 58 valence electrons. The summed E-state index contributed by atoms with van der Waals surface area (Å²) in [5.74, 6) is 0. The summed E-state index contributed by atoms with van der Waals surface area (Å²) >= 11 is 0. The van der Waals surface area contributed by atoms with Crippen LogP contribution in [0.4, 0.5) is 0 Å². The standard InChI is InChI=1S/C7H10N4/c1-5-2-7-9-6(3-8)4-11(7)10-5/h2,4,10H,3,8H2,1H3. The molecule has 0 spiro atoms. The molecule has 4 nitrogen and oxygen atoms in total. The molecule has 0 radical (unpaired) electrons. The minimum absolute atomic E-state index is 0.495. The fourth-order valence-electron chi connectivity index (χ4n) is 1.15. The Morgan fingerprint density at radius 1 is 1.73 bits per heavy atom. The smallest absolute Gasteiger partial charge is 0.153 e. The van der Waals surface area contributed by atoms with E-state index in [4.69, 9.17) is 5.73 Å². The highest BCUT2D eigenvalue weighted by Gasteiger charge is 2.00. The van der Waals surface area contributed by atoms with Gasteiger partial charge in [0.05, 0.1) is 11.9 Å². The van der Waals surface area contributed by atoms with Crippen LogP contribution in [0.3, 0.4) is 0 Å². The molecule has 0 saturated carbocycles. The number of H-pyrrole nitrogens is 1. The number of nitrogens with one attached hydrogen (secondary N) is 1. The molecule has 0 amide bonds. The number of hydrogen-bond donors (Lipinski definition) is 2. The zero-order valence-electron chi connectivity index (χ0n) is 6.33. The van der Waals surface area contributed by atoms with Gasteiger partial charge in [-0.25, -0.2) is 9.50 Å². The average molecular weight is 150 g/mol. The van der Waals surface area contributed by atoms with Crippen molar-refractivity contribution in [2.75, 3.05) is 0 Å². The summed E-state index contributed by atoms with van der Waals surface area (Å²) < 4.78 is 1.87. The number of aromatic amines is 1. The number of fused-ring (bicyclic) bond motifs is 1. The first kappa shape index (κ1) is 6.42. The van der Waals surface area contributed by atoms with Crippen LogP contribution in [0.15, 0.2) is 12.3 Å². The first-order valence-corrected chi connectivity index (χ1v) is 3.53. The third-order valence-electron chi connectivity index (χ3n) is 1.63. The summed E-state index contributed by atoms with van der Waals surface area (Å²) in [5, 5.41) is 3.11. The molecule has 0 bridgehead atoms. The van der Waals surface area contributed by atoms with Crippen molar-refractivity contribution >= 4 is 5.65 Å². The summed E-state index contributed by atoms with van der Waals surface area (Å²) in [7, 11) is 0. The van der Waals surface area contributed by atoms with Gasteiger partial charge >= 0.3 is 0 Å². The minimum atomic E-state index is 0.495. The van der Waals surface area contributed by atoms with Crippen LogP contribution in [-0.2, 0) is 6.54 Å². The fourth-order valence-corrected chi connectivity index (χ4v) is 1.15. The predicted molar refractivity (Wildman–Crippen MR) is 42.2 cm³/mol. The zero-order valence-corrected chi connectivity index (χ0v) is 6.33. The van der Waals surface area contributed by atoms with Crippen molar-refractivity contribution in [3.05, 3.63) is 23.7 Å². The lowest BCUT2D eigenvalue weighted by molar-refractivity contribution is 0.931. The average Bonchev–Trinajstić information content (AvgIpc) is 2.43. The van der Waals surface area contributed by atoms with Gasteiger partial charge in [-0.2, -0.15) is 0 Å². The second-order valence-corrected chi connectivity index (χ2v) is 2.60. The van der Waals surface area contributed by atoms with Gasteiger partial charge in [0, 0.05) is 18.3 Å². The van der Waals surface area contributed by atoms with Crippen molar-refractivity contribution in [3.63, 3.8) is 0 Å². The van der Waals surface area contributed by atoms with Gasteiger partial charge in [0.2, 0.25) is 0 Å². The molecule has 0 aliphatic carbocycles. The number of aromatic nitrogens is 3. The van der Waals surface area contributed by atoms with Crippen molar-refractivity contribution in [1.29, 1.82) is 0 Å². The van der Waals surface area contributed by atoms with E-state index < -0.39 is 0 Å². The molecule has 0 saturated heterocycles. The van der Waals surface area contributed by atoms with Crippen LogP contribution >= 0.6 is 0 Å². The maximum absolute atomic E-state index is 5.42. The van der Waals surface area contributed by atoms with E-state index in [1.165, 1.54) is 0 Å². The van der Waals surface area contributed by atoms with E-state index in [1.807, 2.05) is 23.7 Å². The summed E-state index contributed by atoms with van der Waals surface area (Å²) in [6.45, 7) is 2.49. The van der Waals surface area contributed by atoms with Crippen LogP contribution in [0.25, 0.3) is 5.65 Å². The molecule has 0 atom stereocenters. The third kappa shape index (κ3) is 0.914. The molecule has 4 heteroatoms. The Morgan fingerprint density at radius 3 is 3.18 bits per heavy atom. The largest absolute Gasteiger partial charge is 0.325 e. The number of hydrogen-bond acceptors (Lipinski definition) is 2. The Balaban J connectivity index is 2.64. The highest BCUT2D eigenvalue weighted by atomic mass is 15.3. The zero-order chi connectivity index (χ0) is 7.84. The molecule has 2 aromatic heterocycles. The van der Waals surface area contributed by atoms with E-state index in [0.29, 0.717) is 6.54 Å². The van der Waals surface area contributed by atoms with Gasteiger partial charge in [-0.3, -0.25) is 5.10 Å². The minimum Gasteiger partial charge on any atom is -0.325 e. The molecule has 0 aromatic carbocycles. The molecule has 3 N–H and O–H groups in total. The van der Waals surface area contributed by atoms with Gasteiger partial charge in [-0.1, -0.05) is 0 Å². The maximum Gasteiger partial charge on any atom is 0.153 e. The SMILES string of the molecule is Cc1cc2nc(CN)cn2[nH]1. The van der Waals surface area contributed by atoms with Crippen LogP contribution in [0.5, 0.6) is 0 Å².